The minimum absolute atomic E-state index is 1.11. The molecule has 0 atom stereocenters. The van der Waals surface area contributed by atoms with Crippen molar-refractivity contribution in [3.8, 4) is 23.7 Å². The van der Waals surface area contributed by atoms with Crippen LogP contribution in [0.5, 0.6) is 0 Å². The molecule has 0 rings (SSSR count). The Morgan fingerprint density at radius 1 is 0.412 bits per heavy atom. The van der Waals surface area contributed by atoms with Crippen LogP contribution in [0.1, 0.15) is 0 Å². The van der Waals surface area contributed by atoms with Gasteiger partial charge in [0, 0.05) is 0 Å². The van der Waals surface area contributed by atoms with Crippen molar-refractivity contribution in [2.45, 2.75) is 0 Å². The van der Waals surface area contributed by atoms with Crippen LogP contribution in [0.3, 0.4) is 0 Å². The van der Waals surface area contributed by atoms with Gasteiger partial charge < -0.3 is 0 Å². The number of hydrogen-bond donors (Lipinski definition) is 0. The number of rotatable bonds is 2. The van der Waals surface area contributed by atoms with Crippen molar-refractivity contribution in [1.82, 2.24) is 9.80 Å². The third-order valence-corrected chi connectivity index (χ3v) is 4.57. The Balaban J connectivity index is -0.0000000246. The van der Waals surface area contributed by atoms with E-state index in [1.165, 1.54) is 38.7 Å². The summed E-state index contributed by atoms with van der Waals surface area (Å²) in [5, 5.41) is 0. The molecule has 0 aliphatic heterocycles. The standard InChI is InChI=1S/C10H12N2.10CO.2W/c1-11(2)9-7-5-6-8-10-12(3)4;10*1-2;;/h1-4H3;;;;;;;;;;;;. The molecule has 0 aliphatic rings. The molecule has 0 amide bonds. The topological polar surface area (TPSA) is 205 Å². The molecule has 0 fully saturated rings. The molecule has 0 spiro atoms. The maximum atomic E-state index is 7.50. The monoisotopic (exact) mass is 808 g/mol. The zero-order valence-corrected chi connectivity index (χ0v) is 23.7. The van der Waals surface area contributed by atoms with Gasteiger partial charge in [-0.25, -0.2) is 0 Å². The Hall–Kier alpha value is -2.44. The molecule has 0 aromatic carbocycles. The molecule has 0 aliphatic carbocycles. The fourth-order valence-corrected chi connectivity index (χ4v) is 0.760. The van der Waals surface area contributed by atoms with Gasteiger partial charge in [0.05, 0.1) is 0 Å². The Labute approximate surface area is 220 Å². The van der Waals surface area contributed by atoms with Crippen LogP contribution in [0.2, 0.25) is 0 Å². The molecular weight excluding hydrogens is 796 g/mol. The van der Waals surface area contributed by atoms with Gasteiger partial charge in [0.15, 0.2) is 0 Å². The molecule has 0 unspecified atom stereocenters. The first-order valence-electron chi connectivity index (χ1n) is 5.94. The molecule has 14 heteroatoms. The molecule has 12 nitrogen and oxygen atoms in total. The molecule has 0 saturated heterocycles. The molecule has 34 heavy (non-hydrogen) atoms. The summed E-state index contributed by atoms with van der Waals surface area (Å²) < 4.78 is 77.2. The first kappa shape index (κ1) is 69.7. The fraction of sp³-hybridized carbons (Fsp3) is 0.200. The van der Waals surface area contributed by atoms with Crippen molar-refractivity contribution in [3.05, 3.63) is 66.5 Å². The summed E-state index contributed by atoms with van der Waals surface area (Å²) in [5.41, 5.74) is 0. The van der Waals surface area contributed by atoms with Gasteiger partial charge in [0.25, 0.3) is 0 Å². The average molecular weight is 808 g/mol. The van der Waals surface area contributed by atoms with E-state index in [-0.39, 0.29) is 0 Å². The van der Waals surface area contributed by atoms with E-state index in [0.717, 1.165) is 8.04 Å². The second-order valence-electron chi connectivity index (χ2n) is 2.90. The van der Waals surface area contributed by atoms with Crippen LogP contribution in [0, 0.1) is 90.2 Å². The zero-order chi connectivity index (χ0) is 31.1. The number of nitrogens with zero attached hydrogens (tertiary/aromatic N) is 2. The first-order chi connectivity index (χ1) is 16.4. The normalized spacial score (nSPS) is 4.18. The molecular formula is C20H12N2O10W2. The third kappa shape index (κ3) is 153. The first-order valence-corrected chi connectivity index (χ1v) is 8.87. The summed E-state index contributed by atoms with van der Waals surface area (Å²) in [5.74, 6) is 11.7. The van der Waals surface area contributed by atoms with Crippen molar-refractivity contribution in [2.24, 2.45) is 0 Å². The van der Waals surface area contributed by atoms with E-state index >= 15 is 0 Å². The summed E-state index contributed by atoms with van der Waals surface area (Å²) in [6.45, 7) is 45.0. The summed E-state index contributed by atoms with van der Waals surface area (Å²) in [7, 11) is 7.97. The molecule has 0 aromatic heterocycles. The molecule has 0 aromatic rings. The van der Waals surface area contributed by atoms with Crippen LogP contribution in [0.4, 0.5) is 0 Å². The number of hydrogen-bond acceptors (Lipinski definition) is 2. The van der Waals surface area contributed by atoms with Gasteiger partial charge in [0.1, 0.15) is 0 Å². The van der Waals surface area contributed by atoms with Crippen molar-refractivity contribution < 1.29 is 85.2 Å². The Bertz CT molecular complexity index is 623. The Kier molecular flexibility index (Phi) is 298. The van der Waals surface area contributed by atoms with Gasteiger partial charge >= 0.3 is 221 Å². The van der Waals surface area contributed by atoms with Crippen LogP contribution in [-0.4, -0.2) is 46.0 Å². The molecule has 0 radical (unpaired) electrons. The zero-order valence-electron chi connectivity index (χ0n) is 17.8. The van der Waals surface area contributed by atoms with E-state index in [1.54, 1.807) is 0 Å². The van der Waals surface area contributed by atoms with E-state index < -0.39 is 0 Å². The van der Waals surface area contributed by atoms with E-state index in [1.807, 2.05) is 38.0 Å². The fourth-order valence-electron chi connectivity index (χ4n) is 0.393. The predicted octanol–water partition coefficient (Wildman–Crippen LogP) is -0.905. The Morgan fingerprint density at radius 2 is 0.529 bits per heavy atom. The molecule has 0 heterocycles. The third-order valence-electron chi connectivity index (χ3n) is 1.21. The van der Waals surface area contributed by atoms with E-state index in [0.29, 0.717) is 0 Å². The van der Waals surface area contributed by atoms with E-state index in [2.05, 4.69) is 90.2 Å². The van der Waals surface area contributed by atoms with Gasteiger partial charge in [0.2, 0.25) is 0 Å². The average Bonchev–Trinajstić information content (AvgIpc) is 2.97. The van der Waals surface area contributed by atoms with Gasteiger partial charge in [-0.05, 0) is 0 Å². The SMILES string of the molecule is CN(C)[C](=[W])C#CC#C[C](=[W])N(C)C.[C-]#[O+].[C-]#[O+].[C-]#[O+].[C-]#[O+].[C-]#[O+].[C-]#[O+].[C-]#[O+].[C-]#[O+].[C-]#[O+].[C-]#[O+]. The summed E-state index contributed by atoms with van der Waals surface area (Å²) in [6.07, 6.45) is 0. The van der Waals surface area contributed by atoms with Crippen molar-refractivity contribution in [3.63, 3.8) is 0 Å². The second kappa shape index (κ2) is 145. The summed E-state index contributed by atoms with van der Waals surface area (Å²) >= 11 is 2.75. The van der Waals surface area contributed by atoms with Crippen LogP contribution in [0.25, 0.3) is 0 Å². The summed E-state index contributed by atoms with van der Waals surface area (Å²) in [4.78, 5) is 4.02. The van der Waals surface area contributed by atoms with Crippen LogP contribution in [-0.2, 0) is 85.2 Å². The van der Waals surface area contributed by atoms with Crippen LogP contribution in [0.15, 0.2) is 0 Å². The Morgan fingerprint density at radius 3 is 0.618 bits per heavy atom. The van der Waals surface area contributed by atoms with Gasteiger partial charge in [-0.1, -0.05) is 0 Å². The van der Waals surface area contributed by atoms with Crippen molar-refractivity contribution >= 4 is 8.04 Å². The molecule has 174 valence electrons. The minimum atomic E-state index is 1.11. The van der Waals surface area contributed by atoms with Gasteiger partial charge in [-0.2, -0.15) is 0 Å². The molecule has 0 N–H and O–H groups in total. The summed E-state index contributed by atoms with van der Waals surface area (Å²) in [6, 6.07) is 0. The van der Waals surface area contributed by atoms with Crippen molar-refractivity contribution in [1.29, 1.82) is 0 Å². The van der Waals surface area contributed by atoms with E-state index in [4.69, 9.17) is 46.5 Å². The van der Waals surface area contributed by atoms with Crippen LogP contribution < -0.4 is 0 Å². The second-order valence-corrected chi connectivity index (χ2v) is 5.68. The van der Waals surface area contributed by atoms with E-state index in [9.17, 15) is 0 Å². The van der Waals surface area contributed by atoms with Gasteiger partial charge in [-0.3, -0.25) is 0 Å². The maximum absolute atomic E-state index is 7.50. The molecule has 0 saturated carbocycles. The van der Waals surface area contributed by atoms with Crippen molar-refractivity contribution in [2.75, 3.05) is 28.2 Å². The molecule has 0 bridgehead atoms. The van der Waals surface area contributed by atoms with Crippen LogP contribution >= 0.6 is 0 Å². The predicted molar refractivity (Wildman–Crippen MR) is 92.2 cm³/mol. The van der Waals surface area contributed by atoms with Gasteiger partial charge in [-0.15, -0.1) is 0 Å². The quantitative estimate of drug-likeness (QED) is 0.198.